The zero-order valence-electron chi connectivity index (χ0n) is 36.2. The van der Waals surface area contributed by atoms with Crippen LogP contribution < -0.4 is 0 Å². The van der Waals surface area contributed by atoms with Gasteiger partial charge in [0.1, 0.15) is 5.78 Å². The summed E-state index contributed by atoms with van der Waals surface area (Å²) in [5.41, 5.74) is 0.354. The summed E-state index contributed by atoms with van der Waals surface area (Å²) in [7, 11) is -7.47. The molecule has 328 valence electrons. The van der Waals surface area contributed by atoms with Crippen molar-refractivity contribution in [3.63, 3.8) is 0 Å². The number of fused-ring (bicyclic) bond motifs is 2. The van der Waals surface area contributed by atoms with Crippen LogP contribution in [0.15, 0.2) is 190 Å². The van der Waals surface area contributed by atoms with Crippen molar-refractivity contribution in [2.45, 2.75) is 97.9 Å². The van der Waals surface area contributed by atoms with E-state index in [1.165, 1.54) is 56.1 Å². The lowest BCUT2D eigenvalue weighted by Gasteiger charge is -2.42. The third kappa shape index (κ3) is 9.23. The van der Waals surface area contributed by atoms with E-state index in [-0.39, 0.29) is 29.1 Å². The first kappa shape index (κ1) is 45.9. The number of Topliss-reactive ketones (excluding diaryl/α,β-unsaturated/α-hetero) is 4. The SMILES string of the molecule is CC(=O)c1ccc(Sc2ccc(S(OS(=O)(=O)CC34CCC(CC3=O)C4(C)C)(c3ccc(Sc4ccc(C(C)=O)cc4)cc3)c3ccc(Sc4ccc(C(C)=O)cc4)cc3)cc2)cc1. The van der Waals surface area contributed by atoms with Crippen LogP contribution in [0, 0.1) is 16.7 Å². The molecule has 0 N–H and O–H groups in total. The van der Waals surface area contributed by atoms with Crippen LogP contribution >= 0.6 is 45.6 Å². The van der Waals surface area contributed by atoms with Crippen molar-refractivity contribution in [3.05, 3.63) is 162 Å². The van der Waals surface area contributed by atoms with E-state index >= 15 is 8.42 Å². The van der Waals surface area contributed by atoms with Gasteiger partial charge in [-0.25, -0.2) is 3.63 Å². The van der Waals surface area contributed by atoms with Gasteiger partial charge in [-0.05, 0) is 164 Å². The zero-order chi connectivity index (χ0) is 45.4. The Morgan fingerprint density at radius 1 is 0.531 bits per heavy atom. The van der Waals surface area contributed by atoms with Crippen molar-refractivity contribution in [2.75, 3.05) is 5.75 Å². The fourth-order valence-corrected chi connectivity index (χ4v) is 17.4. The minimum atomic E-state index is -4.41. The van der Waals surface area contributed by atoms with Crippen molar-refractivity contribution in [2.24, 2.45) is 16.7 Å². The number of rotatable bonds is 16. The van der Waals surface area contributed by atoms with E-state index in [9.17, 15) is 19.2 Å². The lowest BCUT2D eigenvalue weighted by molar-refractivity contribution is -0.128. The number of ketones is 4. The highest BCUT2D eigenvalue weighted by Crippen LogP contribution is 2.71. The molecule has 0 aliphatic heterocycles. The van der Waals surface area contributed by atoms with Crippen LogP contribution in [0.1, 0.15) is 85.0 Å². The Bertz CT molecular complexity index is 2590. The molecule has 2 atom stereocenters. The second kappa shape index (κ2) is 18.3. The molecule has 2 aliphatic rings. The molecule has 0 heterocycles. The molecule has 0 aromatic heterocycles. The van der Waals surface area contributed by atoms with Crippen LogP contribution in [0.2, 0.25) is 0 Å². The van der Waals surface area contributed by atoms with E-state index in [4.69, 9.17) is 3.63 Å². The lowest BCUT2D eigenvalue weighted by Crippen LogP contribution is -2.42. The Morgan fingerprint density at radius 2 is 0.828 bits per heavy atom. The Hall–Kier alpha value is -4.69. The van der Waals surface area contributed by atoms with Gasteiger partial charge in [0, 0.05) is 67.2 Å². The molecule has 7 nitrogen and oxygen atoms in total. The van der Waals surface area contributed by atoms with Crippen LogP contribution in [-0.2, 0) is 18.5 Å². The molecule has 8 rings (SSSR count). The van der Waals surface area contributed by atoms with Gasteiger partial charge in [0.2, 0.25) is 0 Å². The van der Waals surface area contributed by atoms with Crippen molar-refractivity contribution in [1.29, 1.82) is 0 Å². The predicted octanol–water partition coefficient (Wildman–Crippen LogP) is 13.7. The number of benzene rings is 6. The van der Waals surface area contributed by atoms with Crippen molar-refractivity contribution >= 4 is 78.8 Å². The van der Waals surface area contributed by atoms with Crippen molar-refractivity contribution < 1.29 is 31.2 Å². The summed E-state index contributed by atoms with van der Waals surface area (Å²) in [6.45, 7) is 8.68. The predicted molar refractivity (Wildman–Crippen MR) is 257 cm³/mol. The number of carbonyl (C=O) groups is 4. The molecule has 0 saturated heterocycles. The third-order valence-electron chi connectivity index (χ3n) is 12.7. The van der Waals surface area contributed by atoms with Crippen LogP contribution in [0.5, 0.6) is 0 Å². The molecule has 6 aromatic rings. The first-order chi connectivity index (χ1) is 30.5. The third-order valence-corrected chi connectivity index (χ3v) is 21.1. The van der Waals surface area contributed by atoms with Gasteiger partial charge in [0.15, 0.2) is 17.3 Å². The molecule has 64 heavy (non-hydrogen) atoms. The standard InChI is InChI=1S/C52H48O7S5/c1-34(53)37-6-12-41(13-7-37)60-44-18-24-47(25-19-44)64(59-63(57,58)33-52-31-30-40(32-50(52)56)51(52,4)5,48-26-20-45(21-27-48)61-42-14-8-38(9-15-42)35(2)54)49-28-22-46(23-29-49)62-43-16-10-39(11-17-43)36(3)55/h6-29,40H,30-33H2,1-5H3. The summed E-state index contributed by atoms with van der Waals surface area (Å²) in [5, 5.41) is 0. The second-order valence-corrected chi connectivity index (χ2v) is 24.9. The summed E-state index contributed by atoms with van der Waals surface area (Å²) in [4.78, 5) is 57.1. The van der Waals surface area contributed by atoms with E-state index in [0.717, 1.165) is 35.8 Å². The van der Waals surface area contributed by atoms with E-state index in [1.54, 1.807) is 0 Å². The second-order valence-electron chi connectivity index (χ2n) is 17.0. The van der Waals surface area contributed by atoms with Crippen LogP contribution in [-0.4, -0.2) is 37.3 Å². The average Bonchev–Trinajstić information content (AvgIpc) is 3.61. The monoisotopic (exact) mass is 944 g/mol. The summed E-state index contributed by atoms with van der Waals surface area (Å²) < 4.78 is 37.0. The maximum absolute atomic E-state index is 15.1. The Kier molecular flexibility index (Phi) is 13.1. The van der Waals surface area contributed by atoms with Gasteiger partial charge in [0.05, 0.1) is 11.2 Å². The Morgan fingerprint density at radius 3 is 1.08 bits per heavy atom. The quantitative estimate of drug-likeness (QED) is 0.0870. The highest BCUT2D eigenvalue weighted by molar-refractivity contribution is 8.33. The normalized spacial score (nSPS) is 18.2. The van der Waals surface area contributed by atoms with Crippen LogP contribution in [0.25, 0.3) is 0 Å². The molecular weight excluding hydrogens is 897 g/mol. The van der Waals surface area contributed by atoms with Gasteiger partial charge in [0.25, 0.3) is 10.1 Å². The lowest BCUT2D eigenvalue weighted by atomic mass is 9.70. The first-order valence-electron chi connectivity index (χ1n) is 21.0. The fourth-order valence-electron chi connectivity index (χ4n) is 8.89. The molecule has 2 aliphatic carbocycles. The molecule has 6 aromatic carbocycles. The number of hydrogen-bond donors (Lipinski definition) is 0. The van der Waals surface area contributed by atoms with E-state index in [1.807, 2.05) is 159 Å². The minimum absolute atomic E-state index is 0.00494. The van der Waals surface area contributed by atoms with E-state index in [2.05, 4.69) is 0 Å². The largest absolute Gasteiger partial charge is 0.299 e. The molecule has 0 radical (unpaired) electrons. The van der Waals surface area contributed by atoms with Gasteiger partial charge >= 0.3 is 0 Å². The highest BCUT2D eigenvalue weighted by Gasteiger charge is 2.66. The van der Waals surface area contributed by atoms with Gasteiger partial charge < -0.3 is 0 Å². The molecular formula is C52H48O7S5. The summed E-state index contributed by atoms with van der Waals surface area (Å²) >= 11 is 4.59. The minimum Gasteiger partial charge on any atom is -0.299 e. The van der Waals surface area contributed by atoms with Crippen LogP contribution in [0.3, 0.4) is 0 Å². The van der Waals surface area contributed by atoms with Gasteiger partial charge in [-0.1, -0.05) is 85.5 Å². The summed E-state index contributed by atoms with van der Waals surface area (Å²) in [6.07, 6.45) is 1.69. The zero-order valence-corrected chi connectivity index (χ0v) is 40.2. The molecule has 2 saturated carbocycles. The Balaban J connectivity index is 1.23. The first-order valence-corrected chi connectivity index (χ1v) is 26.5. The van der Waals surface area contributed by atoms with E-state index < -0.39 is 37.0 Å². The maximum Gasteiger partial charge on any atom is 0.278 e. The highest BCUT2D eigenvalue weighted by atomic mass is 32.3. The van der Waals surface area contributed by atoms with Crippen LogP contribution in [0.4, 0.5) is 0 Å². The van der Waals surface area contributed by atoms with Gasteiger partial charge in [-0.15, -0.1) is 0 Å². The molecule has 2 bridgehead atoms. The summed E-state index contributed by atoms with van der Waals surface area (Å²) in [6, 6.07) is 45.7. The number of carbonyl (C=O) groups excluding carboxylic acids is 4. The Labute approximate surface area is 390 Å². The molecule has 2 unspecified atom stereocenters. The van der Waals surface area contributed by atoms with E-state index in [0.29, 0.717) is 44.2 Å². The average molecular weight is 945 g/mol. The van der Waals surface area contributed by atoms with Gasteiger partial charge in [-0.2, -0.15) is 8.42 Å². The smallest absolute Gasteiger partial charge is 0.278 e. The topological polar surface area (TPSA) is 112 Å². The maximum atomic E-state index is 15.1. The van der Waals surface area contributed by atoms with Crippen molar-refractivity contribution in [3.8, 4) is 0 Å². The van der Waals surface area contributed by atoms with Crippen molar-refractivity contribution in [1.82, 2.24) is 0 Å². The molecule has 0 spiro atoms. The summed E-state index contributed by atoms with van der Waals surface area (Å²) in [5.74, 6) is -0.303. The molecule has 12 heteroatoms. The molecule has 2 fully saturated rings. The fraction of sp³-hybridized carbons (Fsp3) is 0.231. The molecule has 0 amide bonds. The number of hydrogen-bond acceptors (Lipinski definition) is 10. The van der Waals surface area contributed by atoms with Gasteiger partial charge in [-0.3, -0.25) is 19.2 Å².